The van der Waals surface area contributed by atoms with Crippen LogP contribution >= 0.6 is 20.0 Å². The molecule has 4 heteroatoms. The fourth-order valence-corrected chi connectivity index (χ4v) is 6.14. The van der Waals surface area contributed by atoms with E-state index in [1.165, 1.54) is 4.09 Å². The van der Waals surface area contributed by atoms with Gasteiger partial charge in [0.2, 0.25) is 0 Å². The van der Waals surface area contributed by atoms with Crippen molar-refractivity contribution in [2.45, 2.75) is 4.09 Å². The van der Waals surface area contributed by atoms with Crippen LogP contribution in [0.25, 0.3) is 0 Å². The van der Waals surface area contributed by atoms with E-state index in [0.717, 1.165) is 0 Å². The van der Waals surface area contributed by atoms with Crippen LogP contribution in [0, 0.1) is 0 Å². The molecule has 0 atom stereocenters. The third-order valence-corrected chi connectivity index (χ3v) is 10.8. The summed E-state index contributed by atoms with van der Waals surface area (Å²) in [4.78, 5) is 0. The Morgan fingerprint density at radius 1 is 1.20 bits per heavy atom. The van der Waals surface area contributed by atoms with Crippen LogP contribution in [0.1, 0.15) is 0 Å². The van der Waals surface area contributed by atoms with Gasteiger partial charge in [-0.25, -0.2) is 0 Å². The Morgan fingerprint density at radius 2 is 1.60 bits per heavy atom. The van der Waals surface area contributed by atoms with Crippen LogP contribution < -0.4 is 0 Å². The van der Waals surface area contributed by atoms with Crippen LogP contribution in [0.15, 0.2) is 0 Å². The molecule has 4 radical (unpaired) electrons. The van der Waals surface area contributed by atoms with E-state index in [2.05, 4.69) is 0 Å². The molecule has 0 aromatic carbocycles. The fraction of sp³-hybridized carbons (Fsp3) is 1.00. The summed E-state index contributed by atoms with van der Waals surface area (Å²) in [7, 11) is 10.7. The standard InChI is InChI=1S/CH2Cl2Ge2/c2-4-1-5-3/h1H2. The normalized spacial score (nSPS) is 8.40. The molecule has 5 heavy (non-hydrogen) atoms. The maximum absolute atomic E-state index is 5.37. The molecule has 0 aromatic rings. The van der Waals surface area contributed by atoms with Gasteiger partial charge in [-0.15, -0.1) is 0 Å². The van der Waals surface area contributed by atoms with Crippen molar-refractivity contribution in [3.63, 3.8) is 0 Å². The van der Waals surface area contributed by atoms with Gasteiger partial charge in [0, 0.05) is 0 Å². The van der Waals surface area contributed by atoms with E-state index < -0.39 is 0 Å². The molecule has 0 rings (SSSR count). The maximum atomic E-state index is 5.37. The number of hydrogen-bond donors (Lipinski definition) is 0. The zero-order valence-electron chi connectivity index (χ0n) is 2.46. The molecule has 0 heterocycles. The Morgan fingerprint density at radius 3 is 1.60 bits per heavy atom. The molecule has 0 amide bonds. The molecule has 0 spiro atoms. The van der Waals surface area contributed by atoms with Crippen molar-refractivity contribution >= 4 is 49.0 Å². The molecule has 0 aromatic heterocycles. The van der Waals surface area contributed by atoms with E-state index in [-0.39, 0.29) is 29.0 Å². The molecule has 0 saturated carbocycles. The quantitative estimate of drug-likeness (QED) is 0.623. The van der Waals surface area contributed by atoms with Gasteiger partial charge in [-0.3, -0.25) is 0 Å². The van der Waals surface area contributed by atoms with Crippen LogP contribution in [0.4, 0.5) is 0 Å². The van der Waals surface area contributed by atoms with E-state index in [0.29, 0.717) is 0 Å². The predicted octanol–water partition coefficient (Wildman–Crippen LogP) is 1.08. The third kappa shape index (κ3) is 5.67. The molecule has 0 bridgehead atoms. The second-order valence-corrected chi connectivity index (χ2v) is 8.94. The van der Waals surface area contributed by atoms with E-state index in [1.807, 2.05) is 0 Å². The molecule has 0 aliphatic rings. The summed E-state index contributed by atoms with van der Waals surface area (Å²) in [6.07, 6.45) is 0. The minimum absolute atomic E-state index is 0.0972. The van der Waals surface area contributed by atoms with Gasteiger partial charge < -0.3 is 0 Å². The van der Waals surface area contributed by atoms with Crippen LogP contribution in [0.3, 0.4) is 0 Å². The van der Waals surface area contributed by atoms with Gasteiger partial charge in [0.15, 0.2) is 0 Å². The summed E-state index contributed by atoms with van der Waals surface area (Å²) < 4.78 is 1.17. The summed E-state index contributed by atoms with van der Waals surface area (Å²) in [5, 5.41) is 0. The van der Waals surface area contributed by atoms with Crippen molar-refractivity contribution in [3.8, 4) is 0 Å². The van der Waals surface area contributed by atoms with E-state index >= 15 is 0 Å². The first-order valence-corrected chi connectivity index (χ1v) is 9.57. The first-order chi connectivity index (χ1) is 2.41. The summed E-state index contributed by atoms with van der Waals surface area (Å²) in [6.45, 7) is 0. The Hall–Kier alpha value is 1.67. The van der Waals surface area contributed by atoms with Crippen molar-refractivity contribution in [3.05, 3.63) is 0 Å². The SMILES string of the molecule is [Cl][Ge][CH2][Ge][Cl]. The van der Waals surface area contributed by atoms with Gasteiger partial charge in [-0.1, -0.05) is 0 Å². The Bertz CT molecular complexity index is 15.1. The second-order valence-electron chi connectivity index (χ2n) is 0.444. The monoisotopic (exact) mass is 232 g/mol. The van der Waals surface area contributed by atoms with Crippen molar-refractivity contribution in [2.75, 3.05) is 0 Å². The van der Waals surface area contributed by atoms with Gasteiger partial charge in [0.25, 0.3) is 0 Å². The molecule has 0 aliphatic carbocycles. The summed E-state index contributed by atoms with van der Waals surface area (Å²) >= 11 is -0.194. The van der Waals surface area contributed by atoms with Gasteiger partial charge >= 0.3 is 53.1 Å². The topological polar surface area (TPSA) is 0 Å². The average molecular weight is 230 g/mol. The Balaban J connectivity index is 2.19. The molecule has 0 nitrogen and oxygen atoms in total. The van der Waals surface area contributed by atoms with Crippen LogP contribution in [0.2, 0.25) is 4.09 Å². The van der Waals surface area contributed by atoms with Crippen molar-refractivity contribution in [1.29, 1.82) is 0 Å². The molecule has 0 N–H and O–H groups in total. The molecule has 0 saturated heterocycles. The molecule has 0 unspecified atom stereocenters. The van der Waals surface area contributed by atoms with Gasteiger partial charge in [-0.05, 0) is 0 Å². The average Bonchev–Trinajstić information content (AvgIpc) is 1.41. The number of rotatable bonds is 2. The molecular weight excluding hydrogens is 228 g/mol. The summed E-state index contributed by atoms with van der Waals surface area (Å²) in [5.41, 5.74) is 0. The van der Waals surface area contributed by atoms with Crippen molar-refractivity contribution in [1.82, 2.24) is 0 Å². The zero-order chi connectivity index (χ0) is 4.12. The van der Waals surface area contributed by atoms with E-state index in [4.69, 9.17) is 20.0 Å². The second kappa shape index (κ2) is 5.67. The van der Waals surface area contributed by atoms with Gasteiger partial charge in [0.1, 0.15) is 0 Å². The molecule has 28 valence electrons. The molecular formula is CH2Cl2Ge2. The van der Waals surface area contributed by atoms with Crippen molar-refractivity contribution < 1.29 is 0 Å². The Labute approximate surface area is 52.9 Å². The summed E-state index contributed by atoms with van der Waals surface area (Å²) in [6, 6.07) is 0. The van der Waals surface area contributed by atoms with Crippen LogP contribution in [0.5, 0.6) is 0 Å². The molecule has 0 aliphatic heterocycles. The van der Waals surface area contributed by atoms with E-state index in [9.17, 15) is 0 Å². The first-order valence-electron chi connectivity index (χ1n) is 1.09. The van der Waals surface area contributed by atoms with Crippen molar-refractivity contribution in [2.24, 2.45) is 0 Å². The van der Waals surface area contributed by atoms with Crippen LogP contribution in [-0.2, 0) is 0 Å². The molecule has 0 fully saturated rings. The van der Waals surface area contributed by atoms with Gasteiger partial charge in [0.05, 0.1) is 0 Å². The third-order valence-electron chi connectivity index (χ3n) is 0.134. The Kier molecular flexibility index (Phi) is 7.55. The predicted molar refractivity (Wildman–Crippen MR) is 28.0 cm³/mol. The van der Waals surface area contributed by atoms with E-state index in [1.54, 1.807) is 0 Å². The fourth-order valence-electron chi connectivity index (χ4n) is 0.0253. The number of halogens is 2. The summed E-state index contributed by atoms with van der Waals surface area (Å²) in [5.74, 6) is 0. The van der Waals surface area contributed by atoms with Crippen LogP contribution in [-0.4, -0.2) is 29.0 Å². The first kappa shape index (κ1) is 6.67. The minimum atomic E-state index is -0.0972. The zero-order valence-corrected chi connectivity index (χ0v) is 8.17. The number of hydrogen-bond acceptors (Lipinski definition) is 0. The van der Waals surface area contributed by atoms with Gasteiger partial charge in [-0.2, -0.15) is 0 Å².